The number of rotatable bonds is 5. The number of nitrogens with zero attached hydrogens (tertiary/aromatic N) is 5. The van der Waals surface area contributed by atoms with Gasteiger partial charge in [-0.25, -0.2) is 9.37 Å². The number of halogens is 1. The summed E-state index contributed by atoms with van der Waals surface area (Å²) in [6.45, 7) is 0.0674. The number of nitroso groups, excluding NO2 is 1. The van der Waals surface area contributed by atoms with Gasteiger partial charge in [-0.15, -0.1) is 0 Å². The summed E-state index contributed by atoms with van der Waals surface area (Å²) < 4.78 is 17.3. The van der Waals surface area contributed by atoms with Crippen LogP contribution < -0.4 is 0 Å². The maximum atomic E-state index is 13.4. The third-order valence-electron chi connectivity index (χ3n) is 5.27. The highest BCUT2D eigenvalue weighted by Crippen LogP contribution is 2.47. The van der Waals surface area contributed by atoms with Crippen molar-refractivity contribution in [3.05, 3.63) is 70.9 Å². The van der Waals surface area contributed by atoms with E-state index < -0.39 is 0 Å². The Bertz CT molecular complexity index is 1190. The Kier molecular flexibility index (Phi) is 3.82. The van der Waals surface area contributed by atoms with Crippen LogP contribution in [0, 0.1) is 10.7 Å². The van der Waals surface area contributed by atoms with Gasteiger partial charge in [0.2, 0.25) is 0 Å². The molecule has 0 radical (unpaired) electrons. The van der Waals surface area contributed by atoms with E-state index in [1.54, 1.807) is 18.3 Å². The van der Waals surface area contributed by atoms with E-state index in [0.717, 1.165) is 46.6 Å². The molecule has 0 bridgehead atoms. The predicted octanol–water partition coefficient (Wildman–Crippen LogP) is 4.68. The summed E-state index contributed by atoms with van der Waals surface area (Å²) in [5.74, 6) is 0.214. The van der Waals surface area contributed by atoms with Crippen LogP contribution in [-0.4, -0.2) is 19.2 Å². The lowest BCUT2D eigenvalue weighted by atomic mass is 9.98. The molecule has 1 fully saturated rings. The average molecular weight is 375 g/mol. The summed E-state index contributed by atoms with van der Waals surface area (Å²) in [5.41, 5.74) is 6.45. The van der Waals surface area contributed by atoms with Crippen molar-refractivity contribution in [2.75, 3.05) is 0 Å². The molecule has 1 saturated carbocycles. The van der Waals surface area contributed by atoms with Crippen LogP contribution in [0.4, 0.5) is 4.39 Å². The Labute approximate surface area is 160 Å². The van der Waals surface area contributed by atoms with Crippen molar-refractivity contribution in [3.63, 3.8) is 0 Å². The van der Waals surface area contributed by atoms with Crippen LogP contribution in [0.2, 0.25) is 0 Å². The van der Waals surface area contributed by atoms with E-state index in [1.165, 1.54) is 17.8 Å². The molecule has 140 valence electrons. The highest BCUT2D eigenvalue weighted by atomic mass is 19.1. The molecule has 1 aliphatic carbocycles. The van der Waals surface area contributed by atoms with Crippen molar-refractivity contribution in [1.82, 2.24) is 19.2 Å². The smallest absolute Gasteiger partial charge is 0.136 e. The normalized spacial score (nSPS) is 13.9. The predicted molar refractivity (Wildman–Crippen MR) is 104 cm³/mol. The number of pyridine rings is 1. The summed E-state index contributed by atoms with van der Waals surface area (Å²) in [6.07, 6.45) is 5.94. The fraction of sp³-hybridized carbons (Fsp3) is 0.238. The van der Waals surface area contributed by atoms with Crippen molar-refractivity contribution in [2.45, 2.75) is 25.3 Å². The minimum absolute atomic E-state index is 0.0674. The van der Waals surface area contributed by atoms with Gasteiger partial charge in [0.15, 0.2) is 0 Å². The largest absolute Gasteiger partial charge is 0.301 e. The highest BCUT2D eigenvalue weighted by molar-refractivity contribution is 5.83. The van der Waals surface area contributed by atoms with Gasteiger partial charge >= 0.3 is 0 Å². The molecule has 6 nitrogen and oxygen atoms in total. The Balaban J connectivity index is 1.74. The third-order valence-corrected chi connectivity index (χ3v) is 5.27. The van der Waals surface area contributed by atoms with Crippen LogP contribution in [0.5, 0.6) is 0 Å². The molecule has 0 amide bonds. The van der Waals surface area contributed by atoms with Crippen molar-refractivity contribution in [1.29, 1.82) is 0 Å². The molecule has 28 heavy (non-hydrogen) atoms. The molecule has 1 aromatic carbocycles. The second-order valence-electron chi connectivity index (χ2n) is 7.20. The topological polar surface area (TPSA) is 64.5 Å². The van der Waals surface area contributed by atoms with Gasteiger partial charge in [0, 0.05) is 41.5 Å². The van der Waals surface area contributed by atoms with Gasteiger partial charge < -0.3 is 4.40 Å². The fourth-order valence-electron chi connectivity index (χ4n) is 3.82. The molecule has 3 aromatic heterocycles. The standard InChI is InChI=1S/C21H18FN5O/c1-26-21(14-2-3-14)19(20(25-26)13-4-7-16(22)8-5-13)15-6-9-18-23-10-17(11-24-28)27(18)12-15/h4-10,12,14H,2-3,11H2,1H3. The summed E-state index contributed by atoms with van der Waals surface area (Å²) in [5, 5.41) is 7.78. The van der Waals surface area contributed by atoms with Crippen LogP contribution >= 0.6 is 0 Å². The lowest BCUT2D eigenvalue weighted by molar-refractivity contribution is 0.628. The van der Waals surface area contributed by atoms with Gasteiger partial charge in [0.25, 0.3) is 0 Å². The Morgan fingerprint density at radius 2 is 1.89 bits per heavy atom. The maximum Gasteiger partial charge on any atom is 0.136 e. The van der Waals surface area contributed by atoms with Crippen LogP contribution in [0.15, 0.2) is 54.0 Å². The zero-order chi connectivity index (χ0) is 19.3. The number of aromatic nitrogens is 4. The number of aryl methyl sites for hydroxylation is 1. The van der Waals surface area contributed by atoms with Crippen LogP contribution in [-0.2, 0) is 13.6 Å². The number of hydrogen-bond donors (Lipinski definition) is 0. The van der Waals surface area contributed by atoms with Crippen LogP contribution in [0.1, 0.15) is 30.1 Å². The molecular formula is C21H18FN5O. The minimum Gasteiger partial charge on any atom is -0.301 e. The monoisotopic (exact) mass is 375 g/mol. The Morgan fingerprint density at radius 3 is 2.61 bits per heavy atom. The van der Waals surface area contributed by atoms with Crippen molar-refractivity contribution in [2.24, 2.45) is 12.2 Å². The molecule has 1 aliphatic rings. The maximum absolute atomic E-state index is 13.4. The van der Waals surface area contributed by atoms with Gasteiger partial charge in [-0.2, -0.15) is 10.0 Å². The Morgan fingerprint density at radius 1 is 1.14 bits per heavy atom. The zero-order valence-corrected chi connectivity index (χ0v) is 15.3. The lowest BCUT2D eigenvalue weighted by Crippen LogP contribution is -1.98. The minimum atomic E-state index is -0.269. The lowest BCUT2D eigenvalue weighted by Gasteiger charge is -2.09. The summed E-state index contributed by atoms with van der Waals surface area (Å²) in [7, 11) is 1.96. The van der Waals surface area contributed by atoms with E-state index in [1.807, 2.05) is 34.5 Å². The average Bonchev–Trinajstić information content (AvgIpc) is 3.37. The quantitative estimate of drug-likeness (QED) is 0.476. The molecule has 3 heterocycles. The molecule has 4 aromatic rings. The van der Waals surface area contributed by atoms with Crippen LogP contribution in [0.3, 0.4) is 0 Å². The summed E-state index contributed by atoms with van der Waals surface area (Å²) in [6, 6.07) is 10.4. The van der Waals surface area contributed by atoms with Gasteiger partial charge in [-0.05, 0) is 49.2 Å². The fourth-order valence-corrected chi connectivity index (χ4v) is 3.82. The number of fused-ring (bicyclic) bond motifs is 1. The Hall–Kier alpha value is -3.35. The molecule has 7 heteroatoms. The molecule has 5 rings (SSSR count). The summed E-state index contributed by atoms with van der Waals surface area (Å²) >= 11 is 0. The van der Waals surface area contributed by atoms with E-state index in [9.17, 15) is 9.30 Å². The second kappa shape index (κ2) is 6.37. The number of imidazole rings is 1. The summed E-state index contributed by atoms with van der Waals surface area (Å²) in [4.78, 5) is 15.1. The number of hydrogen-bond acceptors (Lipinski definition) is 4. The SMILES string of the molecule is Cn1nc(-c2ccc(F)cc2)c(-c2ccc3ncc(CN=O)n3c2)c1C1CC1. The molecule has 0 saturated heterocycles. The van der Waals surface area contributed by atoms with Crippen molar-refractivity contribution in [3.8, 4) is 22.4 Å². The molecule has 0 aliphatic heterocycles. The first kappa shape index (κ1) is 16.8. The van der Waals surface area contributed by atoms with Gasteiger partial charge in [0.1, 0.15) is 23.7 Å². The van der Waals surface area contributed by atoms with E-state index >= 15 is 0 Å². The van der Waals surface area contributed by atoms with E-state index in [-0.39, 0.29) is 12.4 Å². The molecule has 0 spiro atoms. The first-order valence-electron chi connectivity index (χ1n) is 9.24. The molecule has 0 atom stereocenters. The molecule has 0 unspecified atom stereocenters. The van der Waals surface area contributed by atoms with Gasteiger partial charge in [-0.1, -0.05) is 5.18 Å². The first-order valence-corrected chi connectivity index (χ1v) is 9.24. The van der Waals surface area contributed by atoms with Crippen molar-refractivity contribution >= 4 is 5.65 Å². The number of benzene rings is 1. The van der Waals surface area contributed by atoms with E-state index in [2.05, 4.69) is 10.2 Å². The second-order valence-corrected chi connectivity index (χ2v) is 7.20. The van der Waals surface area contributed by atoms with Gasteiger partial charge in [0.05, 0.1) is 11.9 Å². The van der Waals surface area contributed by atoms with Crippen LogP contribution in [0.25, 0.3) is 28.0 Å². The zero-order valence-electron chi connectivity index (χ0n) is 15.3. The van der Waals surface area contributed by atoms with E-state index in [0.29, 0.717) is 5.92 Å². The van der Waals surface area contributed by atoms with Crippen molar-refractivity contribution < 1.29 is 4.39 Å². The third kappa shape index (κ3) is 2.70. The van der Waals surface area contributed by atoms with E-state index in [4.69, 9.17) is 5.10 Å². The molecular weight excluding hydrogens is 357 g/mol. The first-order chi connectivity index (χ1) is 13.7. The molecule has 0 N–H and O–H groups in total. The highest BCUT2D eigenvalue weighted by Gasteiger charge is 2.32. The van der Waals surface area contributed by atoms with Gasteiger partial charge in [-0.3, -0.25) is 4.68 Å².